The van der Waals surface area contributed by atoms with Gasteiger partial charge in [0.05, 0.1) is 21.7 Å². The summed E-state index contributed by atoms with van der Waals surface area (Å²) in [5.41, 5.74) is 3.80. The van der Waals surface area contributed by atoms with Crippen molar-refractivity contribution in [1.29, 1.82) is 0 Å². The summed E-state index contributed by atoms with van der Waals surface area (Å²) in [4.78, 5) is 0. The average Bonchev–Trinajstić information content (AvgIpc) is 2.70. The second-order valence-electron chi connectivity index (χ2n) is 6.76. The van der Waals surface area contributed by atoms with E-state index in [1.807, 2.05) is 44.2 Å². The van der Waals surface area contributed by atoms with Gasteiger partial charge < -0.3 is 19.9 Å². The Hall–Kier alpha value is -2.27. The summed E-state index contributed by atoms with van der Waals surface area (Å²) in [6, 6.07) is 15.0. The first kappa shape index (κ1) is 22.4. The molecule has 158 valence electrons. The van der Waals surface area contributed by atoms with E-state index < -0.39 is 0 Å². The normalized spacial score (nSPS) is 10.7. The number of benzene rings is 3. The zero-order valence-electron chi connectivity index (χ0n) is 16.6. The lowest BCUT2D eigenvalue weighted by atomic mass is 10.1. The van der Waals surface area contributed by atoms with Crippen molar-refractivity contribution in [2.24, 2.45) is 0 Å². The number of rotatable bonds is 8. The minimum atomic E-state index is -0.138. The number of halogens is 3. The first-order valence-corrected chi connectivity index (χ1v) is 10.6. The lowest BCUT2D eigenvalue weighted by Crippen LogP contribution is -2.04. The molecule has 0 radical (unpaired) electrons. The molecular weight excluding hydrogens is 445 g/mol. The molecule has 0 heterocycles. The Bertz CT molecular complexity index is 1020. The van der Waals surface area contributed by atoms with Crippen molar-refractivity contribution in [2.75, 3.05) is 11.9 Å². The Morgan fingerprint density at radius 1 is 0.900 bits per heavy atom. The van der Waals surface area contributed by atoms with Gasteiger partial charge in [0.25, 0.3) is 0 Å². The molecule has 4 nitrogen and oxygen atoms in total. The van der Waals surface area contributed by atoms with Gasteiger partial charge in [-0.25, -0.2) is 0 Å². The van der Waals surface area contributed by atoms with E-state index in [1.54, 1.807) is 12.1 Å². The van der Waals surface area contributed by atoms with Gasteiger partial charge in [0.15, 0.2) is 17.2 Å². The molecule has 0 aliphatic carbocycles. The van der Waals surface area contributed by atoms with Crippen LogP contribution in [0.2, 0.25) is 15.1 Å². The maximum Gasteiger partial charge on any atom is 0.180 e. The van der Waals surface area contributed by atoms with Crippen LogP contribution in [-0.2, 0) is 13.2 Å². The highest BCUT2D eigenvalue weighted by Crippen LogP contribution is 2.38. The molecule has 0 aliphatic heterocycles. The molecular formula is C23H22Cl3NO3. The minimum absolute atomic E-state index is 0.138. The van der Waals surface area contributed by atoms with E-state index in [9.17, 15) is 5.11 Å². The number of hydrogen-bond acceptors (Lipinski definition) is 4. The van der Waals surface area contributed by atoms with Crippen LogP contribution < -0.4 is 14.8 Å². The van der Waals surface area contributed by atoms with E-state index in [4.69, 9.17) is 44.3 Å². The van der Waals surface area contributed by atoms with Crippen LogP contribution in [0.25, 0.3) is 0 Å². The fourth-order valence-electron chi connectivity index (χ4n) is 2.96. The van der Waals surface area contributed by atoms with E-state index in [-0.39, 0.29) is 15.8 Å². The second-order valence-corrected chi connectivity index (χ2v) is 7.98. The van der Waals surface area contributed by atoms with Gasteiger partial charge >= 0.3 is 0 Å². The van der Waals surface area contributed by atoms with Crippen molar-refractivity contribution < 1.29 is 14.6 Å². The van der Waals surface area contributed by atoms with E-state index in [0.29, 0.717) is 42.0 Å². The molecule has 3 aromatic carbocycles. The van der Waals surface area contributed by atoms with Gasteiger partial charge in [-0.15, -0.1) is 0 Å². The third kappa shape index (κ3) is 5.66. The SMILES string of the molecule is CCOc1cc(CNc2cc(Cl)c(O)c(Cl)c2)cc(Cl)c1OCc1cccc(C)c1. The standard InChI is InChI=1S/C23H22Cl3NO3/c1-3-29-21-9-16(12-27-17-10-18(24)22(28)19(25)11-17)8-20(26)23(21)30-13-15-6-4-5-14(2)7-15/h4-11,27-28H,3,12-13H2,1-2H3. The third-order valence-corrected chi connectivity index (χ3v) is 5.21. The Morgan fingerprint density at radius 2 is 1.63 bits per heavy atom. The van der Waals surface area contributed by atoms with E-state index >= 15 is 0 Å². The molecule has 7 heteroatoms. The number of nitrogens with one attached hydrogen (secondary N) is 1. The number of ether oxygens (including phenoxy) is 2. The first-order chi connectivity index (χ1) is 14.4. The van der Waals surface area contributed by atoms with Gasteiger partial charge in [-0.1, -0.05) is 64.6 Å². The van der Waals surface area contributed by atoms with Crippen molar-refractivity contribution >= 4 is 40.5 Å². The van der Waals surface area contributed by atoms with Crippen molar-refractivity contribution in [3.63, 3.8) is 0 Å². The molecule has 30 heavy (non-hydrogen) atoms. The fourth-order valence-corrected chi connectivity index (χ4v) is 3.73. The number of hydrogen-bond donors (Lipinski definition) is 2. The van der Waals surface area contributed by atoms with Gasteiger partial charge in [0, 0.05) is 12.2 Å². The fraction of sp³-hybridized carbons (Fsp3) is 0.217. The first-order valence-electron chi connectivity index (χ1n) is 9.42. The molecule has 0 unspecified atom stereocenters. The van der Waals surface area contributed by atoms with Gasteiger partial charge in [-0.3, -0.25) is 0 Å². The highest BCUT2D eigenvalue weighted by Gasteiger charge is 2.14. The van der Waals surface area contributed by atoms with Crippen LogP contribution in [0.15, 0.2) is 48.5 Å². The summed E-state index contributed by atoms with van der Waals surface area (Å²) < 4.78 is 11.7. The molecule has 0 amide bonds. The summed E-state index contributed by atoms with van der Waals surface area (Å²) in [6.45, 7) is 5.28. The molecule has 2 N–H and O–H groups in total. The number of phenolic OH excluding ortho intramolecular Hbond substituents is 1. The monoisotopic (exact) mass is 465 g/mol. The predicted octanol–water partition coefficient (Wildman–Crippen LogP) is 7.25. The zero-order chi connectivity index (χ0) is 21.7. The lowest BCUT2D eigenvalue weighted by Gasteiger charge is -2.16. The van der Waals surface area contributed by atoms with Gasteiger partial charge in [0.2, 0.25) is 0 Å². The lowest BCUT2D eigenvalue weighted by molar-refractivity contribution is 0.269. The summed E-state index contributed by atoms with van der Waals surface area (Å²) in [5, 5.41) is 13.7. The summed E-state index contributed by atoms with van der Waals surface area (Å²) in [5.74, 6) is 0.955. The maximum atomic E-state index is 9.69. The van der Waals surface area contributed by atoms with Gasteiger partial charge in [-0.05, 0) is 49.2 Å². The number of aromatic hydroxyl groups is 1. The molecule has 0 fully saturated rings. The van der Waals surface area contributed by atoms with Crippen molar-refractivity contribution in [3.8, 4) is 17.2 Å². The maximum absolute atomic E-state index is 9.69. The van der Waals surface area contributed by atoms with Crippen LogP contribution in [-0.4, -0.2) is 11.7 Å². The van der Waals surface area contributed by atoms with Crippen LogP contribution in [0.5, 0.6) is 17.2 Å². The quantitative estimate of drug-likeness (QED) is 0.343. The van der Waals surface area contributed by atoms with Gasteiger partial charge in [-0.2, -0.15) is 0 Å². The summed E-state index contributed by atoms with van der Waals surface area (Å²) >= 11 is 18.5. The Kier molecular flexibility index (Phi) is 7.59. The van der Waals surface area contributed by atoms with Crippen LogP contribution in [0.3, 0.4) is 0 Å². The van der Waals surface area contributed by atoms with E-state index in [1.165, 1.54) is 5.56 Å². The zero-order valence-corrected chi connectivity index (χ0v) is 18.9. The summed E-state index contributed by atoms with van der Waals surface area (Å²) in [6.07, 6.45) is 0. The molecule has 0 bridgehead atoms. The molecule has 0 saturated carbocycles. The molecule has 0 aromatic heterocycles. The average molecular weight is 467 g/mol. The van der Waals surface area contributed by atoms with Crippen molar-refractivity contribution in [1.82, 2.24) is 0 Å². The largest absolute Gasteiger partial charge is 0.505 e. The number of aryl methyl sites for hydroxylation is 1. The Balaban J connectivity index is 1.77. The van der Waals surface area contributed by atoms with Crippen molar-refractivity contribution in [2.45, 2.75) is 27.0 Å². The van der Waals surface area contributed by atoms with Gasteiger partial charge in [0.1, 0.15) is 6.61 Å². The van der Waals surface area contributed by atoms with E-state index in [0.717, 1.165) is 11.1 Å². The van der Waals surface area contributed by atoms with Crippen LogP contribution in [0.1, 0.15) is 23.6 Å². The Morgan fingerprint density at radius 3 is 2.30 bits per heavy atom. The molecule has 0 atom stereocenters. The van der Waals surface area contributed by atoms with Crippen LogP contribution in [0, 0.1) is 6.92 Å². The molecule has 3 rings (SSSR count). The summed E-state index contributed by atoms with van der Waals surface area (Å²) in [7, 11) is 0. The molecule has 0 aliphatic rings. The van der Waals surface area contributed by atoms with Crippen LogP contribution >= 0.6 is 34.8 Å². The van der Waals surface area contributed by atoms with Crippen molar-refractivity contribution in [3.05, 3.63) is 80.3 Å². The molecule has 0 saturated heterocycles. The molecule has 3 aromatic rings. The number of phenols is 1. The minimum Gasteiger partial charge on any atom is -0.505 e. The highest BCUT2D eigenvalue weighted by molar-refractivity contribution is 6.37. The van der Waals surface area contributed by atoms with Crippen LogP contribution in [0.4, 0.5) is 5.69 Å². The second kappa shape index (κ2) is 10.2. The number of anilines is 1. The highest BCUT2D eigenvalue weighted by atomic mass is 35.5. The van der Waals surface area contributed by atoms with E-state index in [2.05, 4.69) is 11.4 Å². The third-order valence-electron chi connectivity index (χ3n) is 4.35. The molecule has 0 spiro atoms. The Labute approximate surface area is 191 Å². The topological polar surface area (TPSA) is 50.7 Å². The predicted molar refractivity (Wildman–Crippen MR) is 124 cm³/mol. The smallest absolute Gasteiger partial charge is 0.180 e.